The Morgan fingerprint density at radius 3 is 2.52 bits per heavy atom. The fraction of sp³-hybridized carbons (Fsp3) is 0.143. The third-order valence-electron chi connectivity index (χ3n) is 2.88. The van der Waals surface area contributed by atoms with Gasteiger partial charge in [-0.25, -0.2) is 8.78 Å². The van der Waals surface area contributed by atoms with Crippen LogP contribution in [0.5, 0.6) is 0 Å². The minimum Gasteiger partial charge on any atom is -0.391 e. The van der Waals surface area contributed by atoms with Gasteiger partial charge >= 0.3 is 0 Å². The molecule has 0 saturated heterocycles. The second-order valence-corrected chi connectivity index (χ2v) is 5.71. The molecule has 1 aromatic carbocycles. The number of halogens is 2. The van der Waals surface area contributed by atoms with E-state index in [0.717, 1.165) is 16.5 Å². The molecule has 0 amide bonds. The van der Waals surface area contributed by atoms with E-state index in [1.807, 2.05) is 13.0 Å². The molecule has 21 heavy (non-hydrogen) atoms. The van der Waals surface area contributed by atoms with E-state index in [9.17, 15) is 8.78 Å². The maximum atomic E-state index is 13.1. The van der Waals surface area contributed by atoms with Crippen molar-refractivity contribution in [2.45, 2.75) is 13.3 Å². The zero-order chi connectivity index (χ0) is 15.0. The maximum absolute atomic E-state index is 13.1. The summed E-state index contributed by atoms with van der Waals surface area (Å²) in [5.41, 5.74) is 7.12. The van der Waals surface area contributed by atoms with Gasteiger partial charge in [0.15, 0.2) is 5.82 Å². The van der Waals surface area contributed by atoms with E-state index in [-0.39, 0.29) is 6.42 Å². The quantitative estimate of drug-likeness (QED) is 0.803. The molecule has 0 fully saturated rings. The zero-order valence-electron chi connectivity index (χ0n) is 11.1. The number of hydrogen-bond donors (Lipinski definition) is 1. The second-order valence-electron chi connectivity index (χ2n) is 4.63. The zero-order valence-corrected chi connectivity index (χ0v) is 11.9. The van der Waals surface area contributed by atoms with Crippen molar-refractivity contribution in [3.8, 4) is 10.8 Å². The van der Waals surface area contributed by atoms with Gasteiger partial charge in [-0.1, -0.05) is 5.16 Å². The lowest BCUT2D eigenvalue weighted by molar-refractivity contribution is 0.424. The largest absolute Gasteiger partial charge is 0.391 e. The van der Waals surface area contributed by atoms with Crippen molar-refractivity contribution in [1.82, 2.24) is 10.1 Å². The van der Waals surface area contributed by atoms with Crippen molar-refractivity contribution in [2.75, 3.05) is 5.73 Å². The third-order valence-corrected chi connectivity index (χ3v) is 3.94. The molecule has 0 atom stereocenters. The number of nitrogen functional groups attached to an aromatic ring is 1. The summed E-state index contributed by atoms with van der Waals surface area (Å²) in [7, 11) is 0. The highest BCUT2D eigenvalue weighted by molar-refractivity contribution is 7.19. The van der Waals surface area contributed by atoms with Gasteiger partial charge in [-0.2, -0.15) is 4.98 Å². The summed E-state index contributed by atoms with van der Waals surface area (Å²) < 4.78 is 31.5. The fourth-order valence-electron chi connectivity index (χ4n) is 2.03. The Labute approximate surface area is 123 Å². The molecule has 0 bridgehead atoms. The van der Waals surface area contributed by atoms with Crippen LogP contribution in [0.2, 0.25) is 0 Å². The molecule has 0 aliphatic heterocycles. The Morgan fingerprint density at radius 1 is 1.19 bits per heavy atom. The molecule has 0 radical (unpaired) electrons. The van der Waals surface area contributed by atoms with E-state index in [2.05, 4.69) is 10.1 Å². The standard InChI is InChI=1S/C14H11F2N3OS/c1-7-2-11(17)21-13(7)14-18-12(19-20-14)5-8-3-9(15)6-10(16)4-8/h2-4,6H,5,17H2,1H3. The molecule has 2 N–H and O–H groups in total. The molecular formula is C14H11F2N3OS. The summed E-state index contributed by atoms with van der Waals surface area (Å²) in [6.07, 6.45) is 0.193. The molecule has 0 aliphatic rings. The number of thiophene rings is 1. The summed E-state index contributed by atoms with van der Waals surface area (Å²) in [5.74, 6) is -0.534. The molecule has 7 heteroatoms. The molecule has 2 aromatic heterocycles. The Hall–Kier alpha value is -2.28. The van der Waals surface area contributed by atoms with Gasteiger partial charge in [0, 0.05) is 12.5 Å². The van der Waals surface area contributed by atoms with E-state index in [0.29, 0.717) is 22.3 Å². The Morgan fingerprint density at radius 2 is 1.90 bits per heavy atom. The predicted molar refractivity (Wildman–Crippen MR) is 75.9 cm³/mol. The van der Waals surface area contributed by atoms with Gasteiger partial charge in [0.1, 0.15) is 11.6 Å². The SMILES string of the molecule is Cc1cc(N)sc1-c1nc(Cc2cc(F)cc(F)c2)no1. The third kappa shape index (κ3) is 2.92. The average Bonchev–Trinajstić information content (AvgIpc) is 2.94. The summed E-state index contributed by atoms with van der Waals surface area (Å²) in [6, 6.07) is 5.13. The van der Waals surface area contributed by atoms with Crippen molar-refractivity contribution in [1.29, 1.82) is 0 Å². The first-order valence-corrected chi connectivity index (χ1v) is 6.97. The van der Waals surface area contributed by atoms with Crippen molar-refractivity contribution in [3.63, 3.8) is 0 Å². The Balaban J connectivity index is 1.87. The van der Waals surface area contributed by atoms with Gasteiger partial charge in [0.05, 0.1) is 9.88 Å². The van der Waals surface area contributed by atoms with Gasteiger partial charge in [-0.05, 0) is 36.2 Å². The van der Waals surface area contributed by atoms with E-state index in [1.165, 1.54) is 23.5 Å². The van der Waals surface area contributed by atoms with Gasteiger partial charge in [-0.15, -0.1) is 11.3 Å². The second kappa shape index (κ2) is 5.25. The van der Waals surface area contributed by atoms with Crippen LogP contribution in [0.15, 0.2) is 28.8 Å². The van der Waals surface area contributed by atoms with Gasteiger partial charge in [0.2, 0.25) is 0 Å². The van der Waals surface area contributed by atoms with Crippen molar-refractivity contribution >= 4 is 16.3 Å². The van der Waals surface area contributed by atoms with Gasteiger partial charge in [0.25, 0.3) is 5.89 Å². The first-order chi connectivity index (χ1) is 10.0. The van der Waals surface area contributed by atoms with Gasteiger partial charge < -0.3 is 10.3 Å². The normalized spacial score (nSPS) is 11.0. The monoisotopic (exact) mass is 307 g/mol. The predicted octanol–water partition coefficient (Wildman–Crippen LogP) is 3.56. The highest BCUT2D eigenvalue weighted by Gasteiger charge is 2.15. The molecule has 0 spiro atoms. The van der Waals surface area contributed by atoms with E-state index in [4.69, 9.17) is 10.3 Å². The number of benzene rings is 1. The van der Waals surface area contributed by atoms with Crippen molar-refractivity contribution < 1.29 is 13.3 Å². The number of aromatic nitrogens is 2. The lowest BCUT2D eigenvalue weighted by Gasteiger charge is -1.97. The summed E-state index contributed by atoms with van der Waals surface area (Å²) in [5, 5.41) is 4.49. The van der Waals surface area contributed by atoms with Gasteiger partial charge in [-0.3, -0.25) is 0 Å². The number of rotatable bonds is 3. The fourth-order valence-corrected chi connectivity index (χ4v) is 2.89. The lowest BCUT2D eigenvalue weighted by atomic mass is 10.1. The van der Waals surface area contributed by atoms with E-state index < -0.39 is 11.6 Å². The minimum atomic E-state index is -0.629. The van der Waals surface area contributed by atoms with Crippen LogP contribution < -0.4 is 5.73 Å². The summed E-state index contributed by atoms with van der Waals surface area (Å²) in [6.45, 7) is 1.90. The van der Waals surface area contributed by atoms with Crippen LogP contribution >= 0.6 is 11.3 Å². The van der Waals surface area contributed by atoms with Crippen LogP contribution in [0, 0.1) is 18.6 Å². The number of aryl methyl sites for hydroxylation is 1. The van der Waals surface area contributed by atoms with Crippen LogP contribution in [-0.2, 0) is 6.42 Å². The molecule has 0 unspecified atom stereocenters. The molecular weight excluding hydrogens is 296 g/mol. The van der Waals surface area contributed by atoms with Crippen molar-refractivity contribution in [2.24, 2.45) is 0 Å². The van der Waals surface area contributed by atoms with Crippen LogP contribution in [0.25, 0.3) is 10.8 Å². The molecule has 3 aromatic rings. The van der Waals surface area contributed by atoms with Crippen LogP contribution in [-0.4, -0.2) is 10.1 Å². The lowest BCUT2D eigenvalue weighted by Crippen LogP contribution is -1.93. The minimum absolute atomic E-state index is 0.193. The summed E-state index contributed by atoms with van der Waals surface area (Å²) in [4.78, 5) is 5.04. The highest BCUT2D eigenvalue weighted by Crippen LogP contribution is 2.32. The van der Waals surface area contributed by atoms with Crippen molar-refractivity contribution in [3.05, 3.63) is 52.9 Å². The Bertz CT molecular complexity index is 777. The number of anilines is 1. The average molecular weight is 307 g/mol. The number of hydrogen-bond acceptors (Lipinski definition) is 5. The molecule has 0 aliphatic carbocycles. The topological polar surface area (TPSA) is 64.9 Å². The molecule has 0 saturated carbocycles. The Kier molecular flexibility index (Phi) is 3.42. The van der Waals surface area contributed by atoms with E-state index in [1.54, 1.807) is 0 Å². The first kappa shape index (κ1) is 13.7. The number of nitrogens with two attached hydrogens (primary N) is 1. The smallest absolute Gasteiger partial charge is 0.268 e. The maximum Gasteiger partial charge on any atom is 0.268 e. The van der Waals surface area contributed by atoms with Crippen LogP contribution in [0.4, 0.5) is 13.8 Å². The molecule has 108 valence electrons. The van der Waals surface area contributed by atoms with E-state index >= 15 is 0 Å². The molecule has 4 nitrogen and oxygen atoms in total. The summed E-state index contributed by atoms with van der Waals surface area (Å²) >= 11 is 1.35. The molecule has 2 heterocycles. The van der Waals surface area contributed by atoms with Crippen LogP contribution in [0.3, 0.4) is 0 Å². The number of nitrogens with zero attached hydrogens (tertiary/aromatic N) is 2. The first-order valence-electron chi connectivity index (χ1n) is 6.15. The van der Waals surface area contributed by atoms with Crippen LogP contribution in [0.1, 0.15) is 17.0 Å². The highest BCUT2D eigenvalue weighted by atomic mass is 32.1. The molecule has 3 rings (SSSR count).